The Morgan fingerprint density at radius 2 is 2.38 bits per heavy atom. The van der Waals surface area contributed by atoms with Crippen molar-refractivity contribution in [2.24, 2.45) is 0 Å². The minimum Gasteiger partial charge on any atom is -0.478 e. The van der Waals surface area contributed by atoms with Gasteiger partial charge in [-0.3, -0.25) is 4.98 Å². The summed E-state index contributed by atoms with van der Waals surface area (Å²) in [4.78, 5) is 16.1. The average Bonchev–Trinajstić information content (AvgIpc) is 3.05. The molecule has 0 spiro atoms. The summed E-state index contributed by atoms with van der Waals surface area (Å²) < 4.78 is 6.32. The third-order valence-electron chi connectivity index (χ3n) is 5.06. The zero-order chi connectivity index (χ0) is 17.3. The first-order chi connectivity index (χ1) is 11.5. The van der Waals surface area contributed by atoms with Gasteiger partial charge in [-0.2, -0.15) is 0 Å². The van der Waals surface area contributed by atoms with Crippen LogP contribution in [-0.2, 0) is 16.8 Å². The number of rotatable bonds is 5. The number of nitrogen functional groups attached to an aromatic ring is 1. The molecule has 0 amide bonds. The Bertz CT molecular complexity index is 681. The molecule has 0 aromatic carbocycles. The van der Waals surface area contributed by atoms with Crippen LogP contribution in [0.15, 0.2) is 12.2 Å². The second-order valence-electron chi connectivity index (χ2n) is 6.57. The number of nitrogens with zero attached hydrogens (tertiary/aromatic N) is 1. The third kappa shape index (κ3) is 2.80. The quantitative estimate of drug-likeness (QED) is 0.715. The topological polar surface area (TPSA) is 97.5 Å². The van der Waals surface area contributed by atoms with Gasteiger partial charge >= 0.3 is 5.97 Å². The molecule has 0 radical (unpaired) electrons. The van der Waals surface area contributed by atoms with E-state index in [0.29, 0.717) is 31.2 Å². The number of pyridine rings is 1. The molecular formula is C18H25N3O3. The van der Waals surface area contributed by atoms with Gasteiger partial charge in [0.25, 0.3) is 0 Å². The van der Waals surface area contributed by atoms with Crippen molar-refractivity contribution in [3.63, 3.8) is 0 Å². The number of fused-ring (bicyclic) bond motifs is 1. The number of carboxylic acid groups (broad SMARTS) is 1. The number of allylic oxidation sites excluding steroid dienone is 1. The predicted molar refractivity (Wildman–Crippen MR) is 92.1 cm³/mol. The molecule has 0 bridgehead atoms. The third-order valence-corrected chi connectivity index (χ3v) is 5.06. The summed E-state index contributed by atoms with van der Waals surface area (Å²) in [7, 11) is 0. The lowest BCUT2D eigenvalue weighted by Gasteiger charge is -2.36. The van der Waals surface area contributed by atoms with E-state index in [-0.39, 0.29) is 11.3 Å². The van der Waals surface area contributed by atoms with E-state index in [0.717, 1.165) is 30.6 Å². The second-order valence-corrected chi connectivity index (χ2v) is 6.57. The maximum absolute atomic E-state index is 11.6. The molecule has 1 aliphatic carbocycles. The summed E-state index contributed by atoms with van der Waals surface area (Å²) in [6.45, 7) is 5.32. The van der Waals surface area contributed by atoms with Crippen molar-refractivity contribution in [1.82, 2.24) is 10.3 Å². The Labute approximate surface area is 142 Å². The van der Waals surface area contributed by atoms with Crippen LogP contribution in [-0.4, -0.2) is 35.3 Å². The summed E-state index contributed by atoms with van der Waals surface area (Å²) in [6, 6.07) is 0.339. The Morgan fingerprint density at radius 3 is 3.00 bits per heavy atom. The summed E-state index contributed by atoms with van der Waals surface area (Å²) in [5.74, 6) is -1.04. The molecule has 6 heteroatoms. The van der Waals surface area contributed by atoms with E-state index in [2.05, 4.69) is 10.3 Å². The molecule has 1 aromatic heterocycles. The number of nitrogens with one attached hydrogen (secondary N) is 1. The van der Waals surface area contributed by atoms with Crippen LogP contribution in [0, 0.1) is 6.92 Å². The lowest BCUT2D eigenvalue weighted by molar-refractivity contribution is -0.0258. The molecule has 2 aliphatic rings. The summed E-state index contributed by atoms with van der Waals surface area (Å²) >= 11 is 0. The Balaban J connectivity index is 2.02. The molecule has 1 aliphatic heterocycles. The second kappa shape index (κ2) is 6.53. The molecule has 1 saturated heterocycles. The lowest BCUT2D eigenvalue weighted by Crippen LogP contribution is -2.37. The number of hydrogen-bond acceptors (Lipinski definition) is 5. The van der Waals surface area contributed by atoms with Crippen LogP contribution in [0.25, 0.3) is 0 Å². The van der Waals surface area contributed by atoms with Gasteiger partial charge < -0.3 is 20.9 Å². The van der Waals surface area contributed by atoms with Crippen molar-refractivity contribution in [3.05, 3.63) is 34.7 Å². The van der Waals surface area contributed by atoms with Crippen LogP contribution >= 0.6 is 0 Å². The van der Waals surface area contributed by atoms with Gasteiger partial charge in [-0.25, -0.2) is 4.79 Å². The molecule has 4 N–H and O–H groups in total. The Hall–Kier alpha value is -1.92. The van der Waals surface area contributed by atoms with E-state index in [4.69, 9.17) is 10.5 Å². The van der Waals surface area contributed by atoms with Gasteiger partial charge in [0.15, 0.2) is 0 Å². The Morgan fingerprint density at radius 1 is 1.58 bits per heavy atom. The van der Waals surface area contributed by atoms with Crippen molar-refractivity contribution in [2.45, 2.75) is 51.2 Å². The van der Waals surface area contributed by atoms with Gasteiger partial charge in [0.1, 0.15) is 11.2 Å². The van der Waals surface area contributed by atoms with Crippen LogP contribution in [0.2, 0.25) is 0 Å². The standard InChI is InChI=1S/C18H25N3O3/c1-3-18(24-10-12-6-5-9-20-12)8-4-7-13-15(18)16(19)14(17(22)23)11(2)21-13/h4,8,12,20H,3,5-7,9-10H2,1-2H3,(H2,19,21)(H,22,23). The van der Waals surface area contributed by atoms with E-state index < -0.39 is 11.6 Å². The molecule has 0 saturated carbocycles. The smallest absolute Gasteiger partial charge is 0.339 e. The maximum atomic E-state index is 11.6. The molecule has 1 fully saturated rings. The normalized spacial score (nSPS) is 25.7. The number of carboxylic acids is 1. The fourth-order valence-corrected chi connectivity index (χ4v) is 3.79. The van der Waals surface area contributed by atoms with Crippen LogP contribution in [0.5, 0.6) is 0 Å². The largest absolute Gasteiger partial charge is 0.478 e. The minimum atomic E-state index is -1.04. The number of aromatic carboxylic acids is 1. The number of carbonyl (C=O) groups is 1. The van der Waals surface area contributed by atoms with Gasteiger partial charge in [-0.05, 0) is 32.7 Å². The van der Waals surface area contributed by atoms with Gasteiger partial charge in [0.05, 0.1) is 23.7 Å². The summed E-state index contributed by atoms with van der Waals surface area (Å²) in [5.41, 5.74) is 7.97. The fourth-order valence-electron chi connectivity index (χ4n) is 3.79. The number of aryl methyl sites for hydroxylation is 1. The maximum Gasteiger partial charge on any atom is 0.339 e. The molecule has 2 unspecified atom stereocenters. The van der Waals surface area contributed by atoms with Gasteiger partial charge in [-0.1, -0.05) is 19.1 Å². The first-order valence-corrected chi connectivity index (χ1v) is 8.56. The molecule has 6 nitrogen and oxygen atoms in total. The summed E-state index contributed by atoms with van der Waals surface area (Å²) in [6.07, 6.45) is 7.64. The highest BCUT2D eigenvalue weighted by Gasteiger charge is 2.38. The highest BCUT2D eigenvalue weighted by molar-refractivity contribution is 5.96. The van der Waals surface area contributed by atoms with Gasteiger partial charge in [0, 0.05) is 18.0 Å². The number of nitrogens with two attached hydrogens (primary N) is 1. The first kappa shape index (κ1) is 16.9. The van der Waals surface area contributed by atoms with Gasteiger partial charge in [-0.15, -0.1) is 0 Å². The molecule has 24 heavy (non-hydrogen) atoms. The number of ether oxygens (including phenoxy) is 1. The molecule has 2 heterocycles. The number of anilines is 1. The van der Waals surface area contributed by atoms with Crippen LogP contribution in [0.4, 0.5) is 5.69 Å². The number of aromatic nitrogens is 1. The SMILES string of the molecule is CCC1(OCC2CCCN2)C=CCc2nc(C)c(C(=O)O)c(N)c21. The van der Waals surface area contributed by atoms with E-state index in [9.17, 15) is 9.90 Å². The van der Waals surface area contributed by atoms with Crippen molar-refractivity contribution >= 4 is 11.7 Å². The lowest BCUT2D eigenvalue weighted by atomic mass is 9.82. The van der Waals surface area contributed by atoms with Crippen molar-refractivity contribution in [2.75, 3.05) is 18.9 Å². The fraction of sp³-hybridized carbons (Fsp3) is 0.556. The van der Waals surface area contributed by atoms with E-state index in [1.807, 2.05) is 19.1 Å². The first-order valence-electron chi connectivity index (χ1n) is 8.56. The van der Waals surface area contributed by atoms with Crippen molar-refractivity contribution < 1.29 is 14.6 Å². The summed E-state index contributed by atoms with van der Waals surface area (Å²) in [5, 5.41) is 12.9. The van der Waals surface area contributed by atoms with E-state index >= 15 is 0 Å². The number of hydrogen-bond donors (Lipinski definition) is 3. The average molecular weight is 331 g/mol. The molecule has 1 aromatic rings. The highest BCUT2D eigenvalue weighted by Crippen LogP contribution is 2.42. The molecule has 2 atom stereocenters. The van der Waals surface area contributed by atoms with Crippen LogP contribution < -0.4 is 11.1 Å². The Kier molecular flexibility index (Phi) is 4.60. The van der Waals surface area contributed by atoms with Crippen LogP contribution in [0.3, 0.4) is 0 Å². The van der Waals surface area contributed by atoms with Gasteiger partial charge in [0.2, 0.25) is 0 Å². The minimum absolute atomic E-state index is 0.0875. The zero-order valence-corrected chi connectivity index (χ0v) is 14.3. The van der Waals surface area contributed by atoms with Crippen molar-refractivity contribution in [1.29, 1.82) is 0 Å². The van der Waals surface area contributed by atoms with Crippen LogP contribution in [0.1, 0.15) is 53.5 Å². The van der Waals surface area contributed by atoms with E-state index in [1.54, 1.807) is 6.92 Å². The monoisotopic (exact) mass is 331 g/mol. The zero-order valence-electron chi connectivity index (χ0n) is 14.3. The molecule has 130 valence electrons. The molecule has 3 rings (SSSR count). The predicted octanol–water partition coefficient (Wildman–Crippen LogP) is 2.16. The highest BCUT2D eigenvalue weighted by atomic mass is 16.5. The van der Waals surface area contributed by atoms with E-state index in [1.165, 1.54) is 0 Å². The van der Waals surface area contributed by atoms with Crippen molar-refractivity contribution in [3.8, 4) is 0 Å². The molecular weight excluding hydrogens is 306 g/mol.